The minimum Gasteiger partial charge on any atom is -0.393 e. The normalized spacial score (nSPS) is 22.4. The van der Waals surface area contributed by atoms with Crippen LogP contribution >= 0.6 is 0 Å². The number of nitrogens with one attached hydrogen (secondary N) is 1. The molecule has 2 unspecified atom stereocenters. The summed E-state index contributed by atoms with van der Waals surface area (Å²) in [6.07, 6.45) is 2.19. The van der Waals surface area contributed by atoms with Crippen LogP contribution in [0.5, 0.6) is 0 Å². The van der Waals surface area contributed by atoms with Crippen LogP contribution in [0.15, 0.2) is 0 Å². The molecule has 1 saturated heterocycles. The highest BCUT2D eigenvalue weighted by molar-refractivity contribution is 4.79. The van der Waals surface area contributed by atoms with E-state index in [1.807, 2.05) is 0 Å². The highest BCUT2D eigenvalue weighted by atomic mass is 16.3. The number of likely N-dealkylation sites (tertiary alicyclic amines) is 1. The van der Waals surface area contributed by atoms with Crippen LogP contribution in [-0.2, 0) is 0 Å². The Balaban J connectivity index is 2.24. The Kier molecular flexibility index (Phi) is 6.74. The van der Waals surface area contributed by atoms with Gasteiger partial charge in [0.25, 0.3) is 0 Å². The molecule has 0 spiro atoms. The van der Waals surface area contributed by atoms with Gasteiger partial charge in [0.05, 0.1) is 6.10 Å². The highest BCUT2D eigenvalue weighted by Crippen LogP contribution is 2.30. The number of aliphatic hydroxyl groups is 2. The lowest BCUT2D eigenvalue weighted by Gasteiger charge is -2.35. The van der Waals surface area contributed by atoms with Gasteiger partial charge in [-0.15, -0.1) is 0 Å². The molecule has 1 aliphatic rings. The summed E-state index contributed by atoms with van der Waals surface area (Å²) in [5, 5.41) is 22.9. The topological polar surface area (TPSA) is 55.7 Å². The van der Waals surface area contributed by atoms with Gasteiger partial charge in [0.2, 0.25) is 0 Å². The fourth-order valence-corrected chi connectivity index (χ4v) is 2.96. The van der Waals surface area contributed by atoms with Crippen LogP contribution in [0.3, 0.4) is 0 Å². The molecule has 1 heterocycles. The summed E-state index contributed by atoms with van der Waals surface area (Å²) < 4.78 is 0. The molecule has 114 valence electrons. The maximum Gasteiger partial charge on any atom is 0.108 e. The van der Waals surface area contributed by atoms with Crippen LogP contribution in [0.25, 0.3) is 0 Å². The molecule has 1 aliphatic heterocycles. The van der Waals surface area contributed by atoms with Crippen LogP contribution in [-0.4, -0.2) is 53.6 Å². The summed E-state index contributed by atoms with van der Waals surface area (Å²) in [5.74, 6) is 0.274. The molecule has 3 N–H and O–H groups in total. The molecule has 2 atom stereocenters. The average Bonchev–Trinajstić information content (AvgIpc) is 2.30. The monoisotopic (exact) mass is 272 g/mol. The third-order valence-corrected chi connectivity index (χ3v) is 4.27. The molecule has 0 radical (unpaired) electrons. The Morgan fingerprint density at radius 2 is 1.84 bits per heavy atom. The second-order valence-electron chi connectivity index (χ2n) is 6.85. The van der Waals surface area contributed by atoms with Gasteiger partial charge in [0, 0.05) is 32.1 Å². The number of piperidine rings is 1. The number of nitrogens with zero attached hydrogens (tertiary/aromatic N) is 1. The SMILES string of the molecule is CCC(C(O)NCCN1CCC(O)CC1)C(C)(C)C. The quantitative estimate of drug-likeness (QED) is 0.640. The first-order chi connectivity index (χ1) is 8.84. The van der Waals surface area contributed by atoms with Gasteiger partial charge in [-0.25, -0.2) is 0 Å². The highest BCUT2D eigenvalue weighted by Gasteiger charge is 2.29. The first kappa shape index (κ1) is 16.9. The van der Waals surface area contributed by atoms with Crippen molar-refractivity contribution in [2.45, 2.75) is 59.3 Å². The summed E-state index contributed by atoms with van der Waals surface area (Å²) in [6, 6.07) is 0. The molecule has 4 nitrogen and oxygen atoms in total. The molecule has 19 heavy (non-hydrogen) atoms. The van der Waals surface area contributed by atoms with Crippen molar-refractivity contribution in [3.8, 4) is 0 Å². The van der Waals surface area contributed by atoms with Gasteiger partial charge in [-0.3, -0.25) is 5.32 Å². The van der Waals surface area contributed by atoms with Gasteiger partial charge in [0.15, 0.2) is 0 Å². The Labute approximate surface area is 118 Å². The lowest BCUT2D eigenvalue weighted by atomic mass is 9.78. The predicted molar refractivity (Wildman–Crippen MR) is 78.9 cm³/mol. The fourth-order valence-electron chi connectivity index (χ4n) is 2.96. The molecule has 0 aromatic heterocycles. The van der Waals surface area contributed by atoms with E-state index in [-0.39, 0.29) is 17.4 Å². The summed E-state index contributed by atoms with van der Waals surface area (Å²) >= 11 is 0. The van der Waals surface area contributed by atoms with Crippen LogP contribution in [0.2, 0.25) is 0 Å². The second-order valence-corrected chi connectivity index (χ2v) is 6.85. The number of hydrogen-bond donors (Lipinski definition) is 3. The van der Waals surface area contributed by atoms with Crippen molar-refractivity contribution in [1.82, 2.24) is 10.2 Å². The Morgan fingerprint density at radius 1 is 1.26 bits per heavy atom. The molecule has 0 bridgehead atoms. The van der Waals surface area contributed by atoms with Crippen molar-refractivity contribution < 1.29 is 10.2 Å². The first-order valence-electron chi connectivity index (χ1n) is 7.66. The Bertz CT molecular complexity index is 245. The average molecular weight is 272 g/mol. The van der Waals surface area contributed by atoms with E-state index in [9.17, 15) is 10.2 Å². The van der Waals surface area contributed by atoms with Crippen molar-refractivity contribution in [3.05, 3.63) is 0 Å². The van der Waals surface area contributed by atoms with Crippen LogP contribution in [0.4, 0.5) is 0 Å². The fraction of sp³-hybridized carbons (Fsp3) is 1.00. The zero-order valence-corrected chi connectivity index (χ0v) is 13.0. The summed E-state index contributed by atoms with van der Waals surface area (Å²) in [6.45, 7) is 12.4. The van der Waals surface area contributed by atoms with Crippen molar-refractivity contribution in [3.63, 3.8) is 0 Å². The van der Waals surface area contributed by atoms with E-state index < -0.39 is 6.23 Å². The third-order valence-electron chi connectivity index (χ3n) is 4.27. The molecular formula is C15H32N2O2. The smallest absolute Gasteiger partial charge is 0.108 e. The number of rotatable bonds is 6. The van der Waals surface area contributed by atoms with Crippen LogP contribution < -0.4 is 5.32 Å². The van der Waals surface area contributed by atoms with E-state index in [1.54, 1.807) is 0 Å². The van der Waals surface area contributed by atoms with Gasteiger partial charge in [-0.05, 0) is 24.7 Å². The molecule has 1 fully saturated rings. The third kappa shape index (κ3) is 5.78. The van der Waals surface area contributed by atoms with Gasteiger partial charge in [0.1, 0.15) is 6.23 Å². The van der Waals surface area contributed by atoms with E-state index >= 15 is 0 Å². The van der Waals surface area contributed by atoms with E-state index in [4.69, 9.17) is 0 Å². The van der Waals surface area contributed by atoms with Crippen LogP contribution in [0.1, 0.15) is 47.0 Å². The van der Waals surface area contributed by atoms with Crippen LogP contribution in [0, 0.1) is 11.3 Å². The lowest BCUT2D eigenvalue weighted by Crippen LogP contribution is -2.46. The minimum absolute atomic E-state index is 0.111. The zero-order chi connectivity index (χ0) is 14.5. The molecular weight excluding hydrogens is 240 g/mol. The van der Waals surface area contributed by atoms with E-state index in [0.29, 0.717) is 0 Å². The molecule has 0 saturated carbocycles. The molecule has 0 aromatic rings. The largest absolute Gasteiger partial charge is 0.393 e. The molecule has 0 aromatic carbocycles. The maximum absolute atomic E-state index is 10.2. The van der Waals surface area contributed by atoms with Crippen molar-refractivity contribution in [2.75, 3.05) is 26.2 Å². The van der Waals surface area contributed by atoms with Gasteiger partial charge >= 0.3 is 0 Å². The molecule has 4 heteroatoms. The molecule has 0 amide bonds. The Morgan fingerprint density at radius 3 is 2.32 bits per heavy atom. The van der Waals surface area contributed by atoms with E-state index in [0.717, 1.165) is 45.4 Å². The van der Waals surface area contributed by atoms with Crippen molar-refractivity contribution in [2.24, 2.45) is 11.3 Å². The first-order valence-corrected chi connectivity index (χ1v) is 7.66. The number of hydrogen-bond acceptors (Lipinski definition) is 4. The number of aliphatic hydroxyl groups excluding tert-OH is 2. The van der Waals surface area contributed by atoms with Crippen molar-refractivity contribution in [1.29, 1.82) is 0 Å². The lowest BCUT2D eigenvalue weighted by molar-refractivity contribution is 0.0125. The Hall–Kier alpha value is -0.160. The van der Waals surface area contributed by atoms with E-state index in [2.05, 4.69) is 37.9 Å². The molecule has 0 aliphatic carbocycles. The second kappa shape index (κ2) is 7.58. The summed E-state index contributed by atoms with van der Waals surface area (Å²) in [7, 11) is 0. The standard InChI is InChI=1S/C15H32N2O2/c1-5-13(15(2,3)4)14(19)16-8-11-17-9-6-12(18)7-10-17/h12-14,16,18-19H,5-11H2,1-4H3. The van der Waals surface area contributed by atoms with E-state index in [1.165, 1.54) is 0 Å². The minimum atomic E-state index is -0.430. The summed E-state index contributed by atoms with van der Waals surface area (Å²) in [4.78, 5) is 2.35. The van der Waals surface area contributed by atoms with Gasteiger partial charge < -0.3 is 15.1 Å². The van der Waals surface area contributed by atoms with Gasteiger partial charge in [-0.1, -0.05) is 27.7 Å². The summed E-state index contributed by atoms with van der Waals surface area (Å²) in [5.41, 5.74) is 0.121. The van der Waals surface area contributed by atoms with Crippen molar-refractivity contribution >= 4 is 0 Å². The van der Waals surface area contributed by atoms with Gasteiger partial charge in [-0.2, -0.15) is 0 Å². The maximum atomic E-state index is 10.2. The zero-order valence-electron chi connectivity index (χ0n) is 13.0. The predicted octanol–water partition coefficient (Wildman–Crippen LogP) is 1.42. The molecule has 1 rings (SSSR count).